The summed E-state index contributed by atoms with van der Waals surface area (Å²) in [5, 5.41) is 2.73. The number of amides is 1. The Bertz CT molecular complexity index is 1440. The lowest BCUT2D eigenvalue weighted by Crippen LogP contribution is -2.48. The van der Waals surface area contributed by atoms with E-state index in [0.717, 1.165) is 34.6 Å². The summed E-state index contributed by atoms with van der Waals surface area (Å²) >= 11 is 0. The van der Waals surface area contributed by atoms with E-state index in [1.807, 2.05) is 50.2 Å². The largest absolute Gasteiger partial charge is 0.454 e. The third-order valence-electron chi connectivity index (χ3n) is 6.71. The molecule has 0 aliphatic carbocycles. The van der Waals surface area contributed by atoms with Crippen LogP contribution in [0.3, 0.4) is 0 Å². The van der Waals surface area contributed by atoms with Gasteiger partial charge in [-0.15, -0.1) is 12.4 Å². The van der Waals surface area contributed by atoms with Crippen LogP contribution >= 0.6 is 12.4 Å². The summed E-state index contributed by atoms with van der Waals surface area (Å²) in [7, 11) is -3.90. The van der Waals surface area contributed by atoms with Crippen LogP contribution in [0.25, 0.3) is 0 Å². The monoisotopic (exact) mass is 561 g/mol. The zero-order valence-electron chi connectivity index (χ0n) is 21.1. The normalized spacial score (nSPS) is 15.7. The van der Waals surface area contributed by atoms with Gasteiger partial charge in [-0.1, -0.05) is 24.3 Å². The third kappa shape index (κ3) is 5.63. The molecule has 0 aromatic heterocycles. The molecule has 3 aromatic carbocycles. The van der Waals surface area contributed by atoms with Gasteiger partial charge in [-0.3, -0.25) is 9.69 Å². The lowest BCUT2D eigenvalue weighted by molar-refractivity contribution is 0.102. The van der Waals surface area contributed by atoms with Crippen molar-refractivity contribution in [1.82, 2.24) is 9.21 Å². The second-order valence-corrected chi connectivity index (χ2v) is 11.2. The number of ether oxygens (including phenoxy) is 2. The molecule has 1 fully saturated rings. The van der Waals surface area contributed by atoms with Crippen LogP contribution in [0.15, 0.2) is 59.5 Å². The molecule has 38 heavy (non-hydrogen) atoms. The van der Waals surface area contributed by atoms with Gasteiger partial charge >= 0.3 is 0 Å². The molecule has 8 nitrogen and oxygen atoms in total. The first kappa shape index (κ1) is 27.8. The Morgan fingerprint density at radius 3 is 2.34 bits per heavy atom. The minimum Gasteiger partial charge on any atom is -0.454 e. The maximum atomic E-state index is 14.6. The Labute approximate surface area is 227 Å². The van der Waals surface area contributed by atoms with E-state index in [9.17, 15) is 17.6 Å². The topological polar surface area (TPSA) is 88.2 Å². The van der Waals surface area contributed by atoms with E-state index in [1.54, 1.807) is 0 Å². The van der Waals surface area contributed by atoms with Gasteiger partial charge in [-0.05, 0) is 60.9 Å². The number of rotatable bonds is 6. The number of anilines is 1. The van der Waals surface area contributed by atoms with Gasteiger partial charge < -0.3 is 14.8 Å². The van der Waals surface area contributed by atoms with Crippen molar-refractivity contribution >= 4 is 34.0 Å². The van der Waals surface area contributed by atoms with E-state index in [2.05, 4.69) is 10.2 Å². The molecule has 1 N–H and O–H groups in total. The molecule has 2 heterocycles. The standard InChI is InChI=1S/C27H28FN3O5S.ClH/c1-18-4-3-5-19(2)26(18)29-27(32)22-15-21(7-8-23(22)28)37(33,34)31-12-10-30(11-13-31)16-20-6-9-24-25(14-20)36-17-35-24;/h3-9,14-15H,10-13,16-17H2,1-2H3,(H,29,32);1H. The molecular weight excluding hydrogens is 533 g/mol. The van der Waals surface area contributed by atoms with Crippen molar-refractivity contribution in [2.45, 2.75) is 25.3 Å². The van der Waals surface area contributed by atoms with Crippen LogP contribution in [-0.4, -0.2) is 56.5 Å². The number of hydrogen-bond acceptors (Lipinski definition) is 6. The van der Waals surface area contributed by atoms with E-state index in [4.69, 9.17) is 9.47 Å². The van der Waals surface area contributed by atoms with Crippen molar-refractivity contribution in [3.05, 3.63) is 82.7 Å². The molecule has 0 radical (unpaired) electrons. The first-order chi connectivity index (χ1) is 17.7. The second kappa shape index (κ2) is 11.3. The van der Waals surface area contributed by atoms with Crippen LogP contribution in [-0.2, 0) is 16.6 Å². The number of aryl methyl sites for hydroxylation is 2. The molecule has 2 aliphatic heterocycles. The van der Waals surface area contributed by atoms with Crippen molar-refractivity contribution in [2.75, 3.05) is 38.3 Å². The molecule has 0 spiro atoms. The van der Waals surface area contributed by atoms with E-state index < -0.39 is 21.7 Å². The van der Waals surface area contributed by atoms with E-state index in [-0.39, 0.29) is 42.7 Å². The first-order valence-electron chi connectivity index (χ1n) is 12.0. The number of sulfonamides is 1. The predicted molar refractivity (Wildman–Crippen MR) is 144 cm³/mol. The minimum atomic E-state index is -3.90. The minimum absolute atomic E-state index is 0. The van der Waals surface area contributed by atoms with Gasteiger partial charge in [0.25, 0.3) is 5.91 Å². The summed E-state index contributed by atoms with van der Waals surface area (Å²) in [5.41, 5.74) is 2.98. The highest BCUT2D eigenvalue weighted by molar-refractivity contribution is 7.89. The third-order valence-corrected chi connectivity index (χ3v) is 8.61. The van der Waals surface area contributed by atoms with Crippen molar-refractivity contribution < 1.29 is 27.1 Å². The van der Waals surface area contributed by atoms with Gasteiger partial charge in [0.2, 0.25) is 16.8 Å². The highest BCUT2D eigenvalue weighted by Gasteiger charge is 2.30. The highest BCUT2D eigenvalue weighted by atomic mass is 35.5. The van der Waals surface area contributed by atoms with Crippen molar-refractivity contribution in [1.29, 1.82) is 0 Å². The maximum absolute atomic E-state index is 14.6. The van der Waals surface area contributed by atoms with Gasteiger partial charge in [0.1, 0.15) is 5.82 Å². The fraction of sp³-hybridized carbons (Fsp3) is 0.296. The van der Waals surface area contributed by atoms with Crippen molar-refractivity contribution in [2.24, 2.45) is 0 Å². The number of halogens is 2. The number of hydrogen-bond donors (Lipinski definition) is 1. The van der Waals surface area contributed by atoms with E-state index in [0.29, 0.717) is 31.1 Å². The van der Waals surface area contributed by atoms with Crippen molar-refractivity contribution in [3.63, 3.8) is 0 Å². The number of carbonyl (C=O) groups excluding carboxylic acids is 1. The number of piperazine rings is 1. The molecule has 11 heteroatoms. The molecule has 202 valence electrons. The van der Waals surface area contributed by atoms with E-state index in [1.165, 1.54) is 10.4 Å². The molecule has 5 rings (SSSR count). The summed E-state index contributed by atoms with van der Waals surface area (Å²) in [6, 6.07) is 14.7. The van der Waals surface area contributed by atoms with Crippen LogP contribution in [0.2, 0.25) is 0 Å². The van der Waals surface area contributed by atoms with Crippen LogP contribution < -0.4 is 14.8 Å². The molecular formula is C27H29ClFN3O5S. The summed E-state index contributed by atoms with van der Waals surface area (Å²) in [6.07, 6.45) is 0. The fourth-order valence-corrected chi connectivity index (χ4v) is 6.05. The summed E-state index contributed by atoms with van der Waals surface area (Å²) in [6.45, 7) is 6.20. The summed E-state index contributed by atoms with van der Waals surface area (Å²) in [5.74, 6) is -0.0368. The second-order valence-electron chi connectivity index (χ2n) is 9.23. The fourth-order valence-electron chi connectivity index (χ4n) is 4.61. The molecule has 0 bridgehead atoms. The zero-order valence-corrected chi connectivity index (χ0v) is 22.7. The predicted octanol–water partition coefficient (Wildman–Crippen LogP) is 4.35. The molecule has 0 unspecified atom stereocenters. The lowest BCUT2D eigenvalue weighted by atomic mass is 10.1. The van der Waals surface area contributed by atoms with Gasteiger partial charge in [-0.2, -0.15) is 4.31 Å². The SMILES string of the molecule is Cc1cccc(C)c1NC(=O)c1cc(S(=O)(=O)N2CCN(Cc3ccc4c(c3)OCO4)CC2)ccc1F.Cl. The quantitative estimate of drug-likeness (QED) is 0.481. The van der Waals surface area contributed by atoms with Gasteiger partial charge in [0.05, 0.1) is 10.5 Å². The molecule has 1 saturated heterocycles. The average molecular weight is 562 g/mol. The van der Waals surface area contributed by atoms with Gasteiger partial charge in [0, 0.05) is 38.4 Å². The number of fused-ring (bicyclic) bond motifs is 1. The number of nitrogens with zero attached hydrogens (tertiary/aromatic N) is 2. The highest BCUT2D eigenvalue weighted by Crippen LogP contribution is 2.33. The van der Waals surface area contributed by atoms with Crippen LogP contribution in [0.5, 0.6) is 11.5 Å². The number of carbonyl (C=O) groups is 1. The smallest absolute Gasteiger partial charge is 0.258 e. The molecule has 1 amide bonds. The Morgan fingerprint density at radius 2 is 1.63 bits per heavy atom. The van der Waals surface area contributed by atoms with Crippen LogP contribution in [0.4, 0.5) is 10.1 Å². The number of benzene rings is 3. The van der Waals surface area contributed by atoms with Crippen LogP contribution in [0, 0.1) is 19.7 Å². The Kier molecular flexibility index (Phi) is 8.27. The maximum Gasteiger partial charge on any atom is 0.258 e. The lowest BCUT2D eigenvalue weighted by Gasteiger charge is -2.34. The van der Waals surface area contributed by atoms with Gasteiger partial charge in [-0.25, -0.2) is 12.8 Å². The molecule has 0 saturated carbocycles. The van der Waals surface area contributed by atoms with Gasteiger partial charge in [0.15, 0.2) is 11.5 Å². The zero-order chi connectivity index (χ0) is 26.2. The summed E-state index contributed by atoms with van der Waals surface area (Å²) < 4.78 is 53.5. The Hall–Kier alpha value is -3.18. The Morgan fingerprint density at radius 1 is 0.947 bits per heavy atom. The van der Waals surface area contributed by atoms with Crippen molar-refractivity contribution in [3.8, 4) is 11.5 Å². The van der Waals surface area contributed by atoms with E-state index >= 15 is 0 Å². The molecule has 0 atom stereocenters. The average Bonchev–Trinajstić information content (AvgIpc) is 3.35. The molecule has 2 aliphatic rings. The van der Waals surface area contributed by atoms with Crippen LogP contribution in [0.1, 0.15) is 27.0 Å². The molecule has 3 aromatic rings. The number of para-hydroxylation sites is 1. The Balaban J connectivity index is 0.00000336. The first-order valence-corrected chi connectivity index (χ1v) is 13.4. The summed E-state index contributed by atoms with van der Waals surface area (Å²) in [4.78, 5) is 15.0. The number of nitrogens with one attached hydrogen (secondary N) is 1.